The molecular weight excluding hydrogens is 490 g/mol. The Labute approximate surface area is 229 Å². The second-order valence-electron chi connectivity index (χ2n) is 11.7. The van der Waals surface area contributed by atoms with Crippen LogP contribution in [0.4, 0.5) is 0 Å². The number of nitrogens with zero attached hydrogens (tertiary/aromatic N) is 6. The molecule has 9 heteroatoms. The Hall–Kier alpha value is -3.43. The van der Waals surface area contributed by atoms with Gasteiger partial charge in [0, 0.05) is 49.4 Å². The first kappa shape index (κ1) is 25.8. The summed E-state index contributed by atoms with van der Waals surface area (Å²) in [6.07, 6.45) is 4.35. The van der Waals surface area contributed by atoms with E-state index < -0.39 is 0 Å². The van der Waals surface area contributed by atoms with Gasteiger partial charge in [0.2, 0.25) is 0 Å². The van der Waals surface area contributed by atoms with E-state index in [0.29, 0.717) is 23.8 Å². The van der Waals surface area contributed by atoms with Gasteiger partial charge in [-0.3, -0.25) is 4.79 Å². The zero-order chi connectivity index (χ0) is 27.6. The van der Waals surface area contributed by atoms with Crippen LogP contribution >= 0.6 is 0 Å². The lowest BCUT2D eigenvalue weighted by atomic mass is 9.96. The van der Waals surface area contributed by atoms with Crippen LogP contribution in [0.25, 0.3) is 33.6 Å². The Balaban J connectivity index is 1.45. The van der Waals surface area contributed by atoms with Crippen molar-refractivity contribution >= 4 is 28.0 Å². The van der Waals surface area contributed by atoms with E-state index in [4.69, 9.17) is 20.4 Å². The fourth-order valence-corrected chi connectivity index (χ4v) is 6.20. The van der Waals surface area contributed by atoms with Crippen LogP contribution in [0.5, 0.6) is 5.75 Å². The van der Waals surface area contributed by atoms with Crippen LogP contribution in [0, 0.1) is 11.8 Å². The number of methoxy groups -OCH3 is 1. The molecule has 6 rings (SSSR count). The van der Waals surface area contributed by atoms with E-state index in [-0.39, 0.29) is 30.0 Å². The number of hydrogen-bond acceptors (Lipinski definition) is 6. The maximum absolute atomic E-state index is 14.0. The summed E-state index contributed by atoms with van der Waals surface area (Å²) in [7, 11) is 7.72. The van der Waals surface area contributed by atoms with Gasteiger partial charge in [-0.15, -0.1) is 0 Å². The molecule has 1 aliphatic carbocycles. The van der Waals surface area contributed by atoms with Gasteiger partial charge in [-0.2, -0.15) is 0 Å². The van der Waals surface area contributed by atoms with Gasteiger partial charge in [0.15, 0.2) is 5.82 Å². The number of fused-ring (bicyclic) bond motifs is 2. The second kappa shape index (κ2) is 9.64. The Morgan fingerprint density at radius 2 is 2.03 bits per heavy atom. The molecule has 1 amide bonds. The van der Waals surface area contributed by atoms with Crippen molar-refractivity contribution in [1.29, 1.82) is 0 Å². The molecule has 4 atom stereocenters. The summed E-state index contributed by atoms with van der Waals surface area (Å²) < 4.78 is 10.2. The number of rotatable bonds is 7. The quantitative estimate of drug-likeness (QED) is 0.392. The summed E-state index contributed by atoms with van der Waals surface area (Å²) in [6, 6.07) is 9.97. The molecule has 39 heavy (non-hydrogen) atoms. The summed E-state index contributed by atoms with van der Waals surface area (Å²) in [4.78, 5) is 27.9. The average molecular weight is 530 g/mol. The average Bonchev–Trinajstić information content (AvgIpc) is 3.50. The molecule has 2 N–H and O–H groups in total. The van der Waals surface area contributed by atoms with Gasteiger partial charge in [0.1, 0.15) is 16.9 Å². The minimum Gasteiger partial charge on any atom is -0.494 e. The summed E-state index contributed by atoms with van der Waals surface area (Å²) in [6.45, 7) is 5.81. The molecule has 0 unspecified atom stereocenters. The van der Waals surface area contributed by atoms with Crippen LogP contribution in [0.15, 0.2) is 36.5 Å². The van der Waals surface area contributed by atoms with Crippen molar-refractivity contribution in [2.45, 2.75) is 51.4 Å². The Kier molecular flexibility index (Phi) is 6.38. The van der Waals surface area contributed by atoms with Gasteiger partial charge >= 0.3 is 0 Å². The van der Waals surface area contributed by atoms with Crippen molar-refractivity contribution in [3.8, 4) is 17.3 Å². The molecule has 4 aromatic rings. The molecule has 0 radical (unpaired) electrons. The van der Waals surface area contributed by atoms with Crippen molar-refractivity contribution in [3.63, 3.8) is 0 Å². The van der Waals surface area contributed by atoms with Crippen molar-refractivity contribution in [2.75, 3.05) is 27.7 Å². The zero-order valence-corrected chi connectivity index (χ0v) is 23.8. The van der Waals surface area contributed by atoms with Gasteiger partial charge in [-0.1, -0.05) is 6.92 Å². The number of imidazole rings is 1. The topological polar surface area (TPSA) is 94.4 Å². The lowest BCUT2D eigenvalue weighted by Crippen LogP contribution is -2.53. The van der Waals surface area contributed by atoms with E-state index in [0.717, 1.165) is 40.1 Å². The highest BCUT2D eigenvalue weighted by atomic mass is 16.5. The summed E-state index contributed by atoms with van der Waals surface area (Å²) in [5, 5.41) is 1.10. The van der Waals surface area contributed by atoms with Crippen LogP contribution in [0.2, 0.25) is 0 Å². The first-order valence-corrected chi connectivity index (χ1v) is 13.9. The number of aromatic nitrogens is 4. The first-order valence-electron chi connectivity index (χ1n) is 13.9. The summed E-state index contributed by atoms with van der Waals surface area (Å²) >= 11 is 0. The van der Waals surface area contributed by atoms with Crippen molar-refractivity contribution < 1.29 is 9.53 Å². The molecule has 0 spiro atoms. The first-order chi connectivity index (χ1) is 18.7. The van der Waals surface area contributed by atoms with E-state index in [2.05, 4.69) is 40.0 Å². The van der Waals surface area contributed by atoms with Crippen molar-refractivity contribution in [3.05, 3.63) is 42.1 Å². The molecule has 1 aliphatic heterocycles. The Morgan fingerprint density at radius 1 is 1.26 bits per heavy atom. The van der Waals surface area contributed by atoms with Gasteiger partial charge in [0.05, 0.1) is 24.4 Å². The third-order valence-electron chi connectivity index (χ3n) is 8.89. The van der Waals surface area contributed by atoms with E-state index in [1.54, 1.807) is 7.11 Å². The zero-order valence-electron chi connectivity index (χ0n) is 23.8. The Morgan fingerprint density at radius 3 is 2.72 bits per heavy atom. The number of amides is 1. The van der Waals surface area contributed by atoms with E-state index in [1.807, 2.05) is 50.4 Å². The molecule has 0 bridgehead atoms. The highest BCUT2D eigenvalue weighted by Crippen LogP contribution is 2.38. The minimum absolute atomic E-state index is 0.0343. The number of carbonyl (C=O) groups is 1. The van der Waals surface area contributed by atoms with Crippen molar-refractivity contribution in [2.24, 2.45) is 24.6 Å². The monoisotopic (exact) mass is 529 g/mol. The number of pyridine rings is 1. The maximum atomic E-state index is 14.0. The predicted octanol–water partition coefficient (Wildman–Crippen LogP) is 3.75. The lowest BCUT2D eigenvalue weighted by Gasteiger charge is -2.35. The van der Waals surface area contributed by atoms with Gasteiger partial charge in [-0.05, 0) is 76.0 Å². The van der Waals surface area contributed by atoms with Crippen LogP contribution in [0.3, 0.4) is 0 Å². The highest BCUT2D eigenvalue weighted by molar-refractivity contribution is 6.00. The van der Waals surface area contributed by atoms with Crippen LogP contribution in [0.1, 0.15) is 37.0 Å². The van der Waals surface area contributed by atoms with Gasteiger partial charge < -0.3 is 29.4 Å². The number of nitrogens with two attached hydrogens (primary N) is 1. The predicted molar refractivity (Wildman–Crippen MR) is 154 cm³/mol. The lowest BCUT2D eigenvalue weighted by molar-refractivity contribution is 0.0651. The maximum Gasteiger partial charge on any atom is 0.254 e. The number of benzene rings is 1. The van der Waals surface area contributed by atoms with E-state index >= 15 is 0 Å². The molecule has 1 aromatic carbocycles. The molecule has 2 fully saturated rings. The van der Waals surface area contributed by atoms with E-state index in [1.165, 1.54) is 12.8 Å². The number of likely N-dealkylation sites (tertiary alicyclic amines) is 1. The van der Waals surface area contributed by atoms with E-state index in [9.17, 15) is 4.79 Å². The molecule has 206 valence electrons. The second-order valence-corrected chi connectivity index (χ2v) is 11.7. The summed E-state index contributed by atoms with van der Waals surface area (Å²) in [5.74, 6) is 2.33. The fraction of sp³-hybridized carbons (Fsp3) is 0.500. The Bertz CT molecular complexity index is 1550. The molecular formula is C30H39N7O2. The van der Waals surface area contributed by atoms with Crippen molar-refractivity contribution in [1.82, 2.24) is 28.9 Å². The molecule has 2 aliphatic rings. The molecule has 1 saturated heterocycles. The smallest absolute Gasteiger partial charge is 0.254 e. The molecule has 3 aromatic heterocycles. The third kappa shape index (κ3) is 4.28. The standard InChI is InChI=1S/C30H39N7O2/c1-17-15-37(26(25(17)31)18(2)34(3)4)30(38)21-12-22-27(24(14-21)39-6)35(5)29(33-22)23-13-20-8-7-11-32-28(20)36(23)16-19-9-10-19/h7-8,11-14,17-19,25-26H,9-10,15-16,31H2,1-6H3/t17-,18+,25-,26-/m1/s1. The highest BCUT2D eigenvalue weighted by Gasteiger charge is 2.43. The number of hydrogen-bond donors (Lipinski definition) is 1. The molecule has 9 nitrogen and oxygen atoms in total. The molecule has 1 saturated carbocycles. The van der Waals surface area contributed by atoms with Gasteiger partial charge in [-0.25, -0.2) is 9.97 Å². The largest absolute Gasteiger partial charge is 0.494 e. The molecule has 4 heterocycles. The van der Waals surface area contributed by atoms with Crippen LogP contribution in [-0.4, -0.2) is 80.7 Å². The summed E-state index contributed by atoms with van der Waals surface area (Å²) in [5.41, 5.74) is 10.8. The van der Waals surface area contributed by atoms with Crippen LogP contribution in [-0.2, 0) is 13.6 Å². The number of aryl methyl sites for hydroxylation is 1. The van der Waals surface area contributed by atoms with Gasteiger partial charge in [0.25, 0.3) is 5.91 Å². The number of ether oxygens (including phenoxy) is 1. The minimum atomic E-state index is -0.0829. The SMILES string of the molecule is COc1cc(C(=O)N2C[C@@H](C)[C@@H](N)[C@H]2[C@H](C)N(C)C)cc2nc(-c3cc4cccnc4n3CC3CC3)n(C)c12. The van der Waals surface area contributed by atoms with Crippen LogP contribution < -0.4 is 10.5 Å². The fourth-order valence-electron chi connectivity index (χ4n) is 6.20. The number of carbonyl (C=O) groups excluding carboxylic acids is 1. The number of likely N-dealkylation sites (N-methyl/N-ethyl adjacent to an activating group) is 1. The normalized spacial score (nSPS) is 22.4. The third-order valence-corrected chi connectivity index (χ3v) is 8.89.